The molecule has 80 valence electrons. The zero-order valence-electron chi connectivity index (χ0n) is 8.69. The number of rotatable bonds is 1. The molecule has 0 bridgehead atoms. The summed E-state index contributed by atoms with van der Waals surface area (Å²) in [5.41, 5.74) is 10.1. The maximum Gasteiger partial charge on any atom is 0.181 e. The van der Waals surface area contributed by atoms with Crippen LogP contribution in [0.5, 0.6) is 0 Å². The van der Waals surface area contributed by atoms with Gasteiger partial charge in [0.1, 0.15) is 11.3 Å². The van der Waals surface area contributed by atoms with Gasteiger partial charge in [0.05, 0.1) is 5.69 Å². The molecule has 5 heteroatoms. The molecule has 0 radical (unpaired) electrons. The van der Waals surface area contributed by atoms with E-state index in [1.807, 2.05) is 25.1 Å². The van der Waals surface area contributed by atoms with Crippen molar-refractivity contribution in [3.8, 4) is 11.3 Å². The minimum atomic E-state index is 0.521. The van der Waals surface area contributed by atoms with Crippen LogP contribution >= 0.6 is 0 Å². The third kappa shape index (κ3) is 1.18. The lowest BCUT2D eigenvalue weighted by molar-refractivity contribution is 0.602. The lowest BCUT2D eigenvalue weighted by Crippen LogP contribution is -1.86. The monoisotopic (exact) mass is 214 g/mol. The number of aromatic nitrogens is 3. The van der Waals surface area contributed by atoms with Crippen LogP contribution in [-0.2, 0) is 0 Å². The Balaban J connectivity index is 2.21. The largest absolute Gasteiger partial charge is 0.443 e. The average molecular weight is 214 g/mol. The van der Waals surface area contributed by atoms with Crippen molar-refractivity contribution in [1.29, 1.82) is 0 Å². The molecule has 0 aliphatic rings. The number of aromatic amines is 1. The first-order chi connectivity index (χ1) is 7.75. The molecular weight excluding hydrogens is 204 g/mol. The number of fused-ring (bicyclic) bond motifs is 1. The van der Waals surface area contributed by atoms with Crippen LogP contribution in [0, 0.1) is 6.92 Å². The molecule has 0 atom stereocenters. The summed E-state index contributed by atoms with van der Waals surface area (Å²) >= 11 is 0. The van der Waals surface area contributed by atoms with Gasteiger partial charge in [0.15, 0.2) is 12.0 Å². The summed E-state index contributed by atoms with van der Waals surface area (Å²) in [7, 11) is 0. The highest BCUT2D eigenvalue weighted by Gasteiger charge is 2.09. The first-order valence-electron chi connectivity index (χ1n) is 4.90. The Hall–Kier alpha value is -2.30. The Morgan fingerprint density at radius 2 is 2.25 bits per heavy atom. The van der Waals surface area contributed by atoms with Crippen molar-refractivity contribution in [2.75, 3.05) is 5.73 Å². The molecule has 0 saturated heterocycles. The number of hydrogen-bond donors (Lipinski definition) is 2. The van der Waals surface area contributed by atoms with E-state index in [4.69, 9.17) is 10.2 Å². The number of benzene rings is 1. The molecule has 5 nitrogen and oxygen atoms in total. The van der Waals surface area contributed by atoms with Gasteiger partial charge in [-0.25, -0.2) is 4.98 Å². The van der Waals surface area contributed by atoms with E-state index in [-0.39, 0.29) is 0 Å². The van der Waals surface area contributed by atoms with E-state index in [0.29, 0.717) is 5.82 Å². The molecule has 2 heterocycles. The highest BCUT2D eigenvalue weighted by Crippen LogP contribution is 2.26. The molecule has 3 aromatic rings. The van der Waals surface area contributed by atoms with Crippen molar-refractivity contribution in [3.63, 3.8) is 0 Å². The van der Waals surface area contributed by atoms with Gasteiger partial charge >= 0.3 is 0 Å². The zero-order valence-corrected chi connectivity index (χ0v) is 8.69. The van der Waals surface area contributed by atoms with Gasteiger partial charge in [-0.15, -0.1) is 0 Å². The van der Waals surface area contributed by atoms with Crippen LogP contribution < -0.4 is 5.73 Å². The number of nitrogens with zero attached hydrogens (tertiary/aromatic N) is 2. The van der Waals surface area contributed by atoms with E-state index in [0.717, 1.165) is 27.9 Å². The fraction of sp³-hybridized carbons (Fsp3) is 0.0909. The number of oxazole rings is 1. The van der Waals surface area contributed by atoms with Crippen LogP contribution in [0.1, 0.15) is 5.56 Å². The summed E-state index contributed by atoms with van der Waals surface area (Å²) in [6.45, 7) is 1.93. The number of hydrogen-bond acceptors (Lipinski definition) is 4. The molecule has 1 aromatic carbocycles. The molecule has 0 aliphatic carbocycles. The number of nitrogen functional groups attached to an aromatic ring is 1. The lowest BCUT2D eigenvalue weighted by atomic mass is 10.1. The molecule has 0 fully saturated rings. The van der Waals surface area contributed by atoms with E-state index in [1.54, 1.807) is 0 Å². The van der Waals surface area contributed by atoms with Gasteiger partial charge in [0.2, 0.25) is 0 Å². The first-order valence-corrected chi connectivity index (χ1v) is 4.90. The summed E-state index contributed by atoms with van der Waals surface area (Å²) < 4.78 is 5.25. The topological polar surface area (TPSA) is 80.7 Å². The third-order valence-electron chi connectivity index (χ3n) is 2.67. The van der Waals surface area contributed by atoms with Crippen LogP contribution in [-0.4, -0.2) is 15.2 Å². The fourth-order valence-electron chi connectivity index (χ4n) is 1.70. The predicted molar refractivity (Wildman–Crippen MR) is 60.7 cm³/mol. The van der Waals surface area contributed by atoms with Crippen LogP contribution in [0.3, 0.4) is 0 Å². The fourth-order valence-corrected chi connectivity index (χ4v) is 1.70. The zero-order chi connectivity index (χ0) is 11.1. The van der Waals surface area contributed by atoms with Crippen molar-refractivity contribution >= 4 is 16.9 Å². The number of H-pyrrole nitrogens is 1. The summed E-state index contributed by atoms with van der Waals surface area (Å²) in [6.07, 6.45) is 1.43. The Labute approximate surface area is 91.3 Å². The average Bonchev–Trinajstić information content (AvgIpc) is 2.86. The number of anilines is 1. The Bertz CT molecular complexity index is 653. The van der Waals surface area contributed by atoms with Crippen molar-refractivity contribution in [1.82, 2.24) is 15.2 Å². The van der Waals surface area contributed by atoms with E-state index in [9.17, 15) is 0 Å². The van der Waals surface area contributed by atoms with Crippen molar-refractivity contribution in [2.45, 2.75) is 6.92 Å². The quantitative estimate of drug-likeness (QED) is 0.650. The third-order valence-corrected chi connectivity index (χ3v) is 2.67. The molecule has 3 rings (SSSR count). The minimum Gasteiger partial charge on any atom is -0.443 e. The Kier molecular flexibility index (Phi) is 1.73. The summed E-state index contributed by atoms with van der Waals surface area (Å²) in [5, 5.41) is 6.88. The van der Waals surface area contributed by atoms with Crippen LogP contribution in [0.2, 0.25) is 0 Å². The van der Waals surface area contributed by atoms with Crippen LogP contribution in [0.15, 0.2) is 29.0 Å². The van der Waals surface area contributed by atoms with E-state index >= 15 is 0 Å². The van der Waals surface area contributed by atoms with Crippen molar-refractivity contribution in [3.05, 3.63) is 30.2 Å². The molecule has 0 unspecified atom stereocenters. The summed E-state index contributed by atoms with van der Waals surface area (Å²) in [5.74, 6) is 0.521. The molecular formula is C11H10N4O. The van der Waals surface area contributed by atoms with Gasteiger partial charge in [-0.2, -0.15) is 5.10 Å². The molecule has 2 aromatic heterocycles. The van der Waals surface area contributed by atoms with Crippen molar-refractivity contribution in [2.24, 2.45) is 0 Å². The van der Waals surface area contributed by atoms with E-state index in [2.05, 4.69) is 15.2 Å². The molecule has 0 spiro atoms. The summed E-state index contributed by atoms with van der Waals surface area (Å²) in [4.78, 5) is 4.06. The second-order valence-corrected chi connectivity index (χ2v) is 3.64. The predicted octanol–water partition coefficient (Wildman–Crippen LogP) is 2.11. The van der Waals surface area contributed by atoms with Gasteiger partial charge in [0.25, 0.3) is 0 Å². The van der Waals surface area contributed by atoms with Gasteiger partial charge in [-0.1, -0.05) is 6.07 Å². The Morgan fingerprint density at radius 3 is 3.00 bits per heavy atom. The van der Waals surface area contributed by atoms with Crippen LogP contribution in [0.4, 0.5) is 5.82 Å². The highest BCUT2D eigenvalue weighted by molar-refractivity contribution is 5.80. The standard InChI is InChI=1S/C11H10N4O/c1-6-10(14-15-11(6)12)7-2-3-8-9(4-7)16-5-13-8/h2-5H,1H3,(H3,12,14,15). The molecule has 3 N–H and O–H groups in total. The van der Waals surface area contributed by atoms with Crippen LogP contribution in [0.25, 0.3) is 22.4 Å². The first kappa shape index (κ1) is 8.96. The maximum atomic E-state index is 5.69. The number of nitrogens with one attached hydrogen (secondary N) is 1. The second-order valence-electron chi connectivity index (χ2n) is 3.64. The van der Waals surface area contributed by atoms with Gasteiger partial charge in [-0.05, 0) is 19.1 Å². The van der Waals surface area contributed by atoms with Gasteiger partial charge < -0.3 is 10.2 Å². The lowest BCUT2D eigenvalue weighted by Gasteiger charge is -1.98. The second kappa shape index (κ2) is 3.10. The normalized spacial score (nSPS) is 11.1. The molecule has 0 amide bonds. The molecule has 16 heavy (non-hydrogen) atoms. The minimum absolute atomic E-state index is 0.521. The molecule has 0 saturated carbocycles. The maximum absolute atomic E-state index is 5.69. The molecule has 0 aliphatic heterocycles. The highest BCUT2D eigenvalue weighted by atomic mass is 16.3. The van der Waals surface area contributed by atoms with E-state index in [1.165, 1.54) is 6.39 Å². The summed E-state index contributed by atoms with van der Waals surface area (Å²) in [6, 6.07) is 5.79. The smallest absolute Gasteiger partial charge is 0.181 e. The van der Waals surface area contributed by atoms with Crippen molar-refractivity contribution < 1.29 is 4.42 Å². The number of nitrogens with two attached hydrogens (primary N) is 1. The SMILES string of the molecule is Cc1c(N)n[nH]c1-c1ccc2ncoc2c1. The van der Waals surface area contributed by atoms with E-state index < -0.39 is 0 Å². The Morgan fingerprint density at radius 1 is 1.38 bits per heavy atom. The van der Waals surface area contributed by atoms with Gasteiger partial charge in [-0.3, -0.25) is 5.10 Å². The van der Waals surface area contributed by atoms with Gasteiger partial charge in [0, 0.05) is 11.1 Å².